The van der Waals surface area contributed by atoms with Gasteiger partial charge in [-0.2, -0.15) is 0 Å². The molecule has 0 saturated carbocycles. The summed E-state index contributed by atoms with van der Waals surface area (Å²) in [6, 6.07) is 0. The molecule has 2 N–H and O–H groups in total. The molecule has 0 spiro atoms. The topological polar surface area (TPSA) is 108 Å². The van der Waals surface area contributed by atoms with E-state index in [4.69, 9.17) is 5.11 Å². The lowest BCUT2D eigenvalue weighted by molar-refractivity contribution is -0.383. The molecule has 1 aliphatic heterocycles. The minimum atomic E-state index is -0.391. The number of hydrogen-bond acceptors (Lipinski definition) is 8. The number of allylic oxidation sites excluding steroid dienone is 1. The van der Waals surface area contributed by atoms with E-state index in [9.17, 15) is 10.1 Å². The first-order chi connectivity index (χ1) is 13.2. The van der Waals surface area contributed by atoms with Crippen molar-refractivity contribution < 1.29 is 10.0 Å². The Kier molecular flexibility index (Phi) is 6.94. The van der Waals surface area contributed by atoms with Crippen molar-refractivity contribution in [1.29, 1.82) is 0 Å². The molecule has 1 aliphatic carbocycles. The number of rotatable bonds is 8. The van der Waals surface area contributed by atoms with Gasteiger partial charge in [0.15, 0.2) is 0 Å². The minimum absolute atomic E-state index is 0.0502. The Morgan fingerprint density at radius 3 is 2.70 bits per heavy atom. The molecule has 0 amide bonds. The van der Waals surface area contributed by atoms with Gasteiger partial charge in [0.2, 0.25) is 11.6 Å². The fourth-order valence-electron chi connectivity index (χ4n) is 3.70. The van der Waals surface area contributed by atoms with Gasteiger partial charge in [0.05, 0.1) is 11.5 Å². The second-order valence-corrected chi connectivity index (χ2v) is 6.99. The number of aliphatic hydroxyl groups excluding tert-OH is 1. The maximum absolute atomic E-state index is 11.7. The van der Waals surface area contributed by atoms with Gasteiger partial charge in [-0.25, -0.2) is 9.97 Å². The van der Waals surface area contributed by atoms with E-state index < -0.39 is 4.92 Å². The predicted octanol–water partition coefficient (Wildman–Crippen LogP) is 1.80. The molecule has 2 heterocycles. The average molecular weight is 376 g/mol. The van der Waals surface area contributed by atoms with Crippen molar-refractivity contribution in [3.8, 4) is 0 Å². The summed E-state index contributed by atoms with van der Waals surface area (Å²) < 4.78 is 0. The quantitative estimate of drug-likeness (QED) is 0.402. The van der Waals surface area contributed by atoms with E-state index in [1.807, 2.05) is 4.90 Å². The summed E-state index contributed by atoms with van der Waals surface area (Å²) in [5.41, 5.74) is 1.37. The fourth-order valence-corrected chi connectivity index (χ4v) is 3.70. The SMILES string of the molecule is O=[N+]([O-])c1c(NCCC2=CCCCC2)ncnc1N1CCN(CCO)CC1. The van der Waals surface area contributed by atoms with Crippen molar-refractivity contribution in [2.45, 2.75) is 32.1 Å². The van der Waals surface area contributed by atoms with Gasteiger partial charge in [0, 0.05) is 39.3 Å². The van der Waals surface area contributed by atoms with Crippen LogP contribution < -0.4 is 10.2 Å². The number of nitro groups is 1. The molecule has 0 aromatic carbocycles. The van der Waals surface area contributed by atoms with Crippen molar-refractivity contribution in [1.82, 2.24) is 14.9 Å². The summed E-state index contributed by atoms with van der Waals surface area (Å²) in [6.45, 7) is 4.17. The zero-order valence-corrected chi connectivity index (χ0v) is 15.6. The molecule has 9 nitrogen and oxygen atoms in total. The summed E-state index contributed by atoms with van der Waals surface area (Å²) in [4.78, 5) is 23.7. The Labute approximate surface area is 159 Å². The van der Waals surface area contributed by atoms with Crippen molar-refractivity contribution >= 4 is 17.3 Å². The van der Waals surface area contributed by atoms with Crippen LogP contribution in [0.4, 0.5) is 17.3 Å². The molecule has 1 saturated heterocycles. The highest BCUT2D eigenvalue weighted by Gasteiger charge is 2.29. The molecule has 27 heavy (non-hydrogen) atoms. The van der Waals surface area contributed by atoms with E-state index in [0.717, 1.165) is 32.4 Å². The summed E-state index contributed by atoms with van der Waals surface area (Å²) in [5.74, 6) is 0.664. The molecule has 3 rings (SSSR count). The lowest BCUT2D eigenvalue weighted by Crippen LogP contribution is -2.47. The number of nitrogens with one attached hydrogen (secondary N) is 1. The molecule has 148 valence electrons. The number of hydrogen-bond donors (Lipinski definition) is 2. The minimum Gasteiger partial charge on any atom is -0.395 e. The fraction of sp³-hybridized carbons (Fsp3) is 0.667. The molecule has 2 aliphatic rings. The Morgan fingerprint density at radius 2 is 2.04 bits per heavy atom. The zero-order valence-electron chi connectivity index (χ0n) is 15.6. The van der Waals surface area contributed by atoms with Gasteiger partial charge in [-0.1, -0.05) is 11.6 Å². The molecule has 0 radical (unpaired) electrons. The molecule has 1 aromatic heterocycles. The van der Waals surface area contributed by atoms with Crippen LogP contribution in [-0.4, -0.2) is 70.8 Å². The van der Waals surface area contributed by atoms with Crippen LogP contribution in [0.15, 0.2) is 18.0 Å². The normalized spacial score (nSPS) is 18.3. The van der Waals surface area contributed by atoms with Gasteiger partial charge < -0.3 is 15.3 Å². The van der Waals surface area contributed by atoms with E-state index in [2.05, 4.69) is 26.3 Å². The second-order valence-electron chi connectivity index (χ2n) is 6.99. The highest BCUT2D eigenvalue weighted by molar-refractivity contribution is 5.70. The van der Waals surface area contributed by atoms with Crippen LogP contribution >= 0.6 is 0 Å². The zero-order chi connectivity index (χ0) is 19.1. The van der Waals surface area contributed by atoms with Crippen molar-refractivity contribution in [2.24, 2.45) is 0 Å². The lowest BCUT2D eigenvalue weighted by atomic mass is 9.97. The molecule has 9 heteroatoms. The molecular formula is C18H28N6O3. The first kappa shape index (κ1) is 19.5. The molecule has 1 aromatic rings. The molecule has 0 bridgehead atoms. The van der Waals surface area contributed by atoms with Crippen LogP contribution in [0.1, 0.15) is 32.1 Å². The number of aromatic nitrogens is 2. The summed E-state index contributed by atoms with van der Waals surface area (Å²) in [5, 5.41) is 23.9. The number of β-amino-alcohol motifs (C(OH)–C–C–N with tert-alkyl or cyclic N) is 1. The van der Waals surface area contributed by atoms with Crippen molar-refractivity contribution in [3.63, 3.8) is 0 Å². The molecule has 0 atom stereocenters. The maximum atomic E-state index is 11.7. The van der Waals surface area contributed by atoms with Gasteiger partial charge in [0.25, 0.3) is 0 Å². The highest BCUT2D eigenvalue weighted by Crippen LogP contribution is 2.32. The van der Waals surface area contributed by atoms with E-state index >= 15 is 0 Å². The predicted molar refractivity (Wildman–Crippen MR) is 104 cm³/mol. The Morgan fingerprint density at radius 1 is 1.22 bits per heavy atom. The van der Waals surface area contributed by atoms with E-state index in [-0.39, 0.29) is 12.3 Å². The number of anilines is 2. The highest BCUT2D eigenvalue weighted by atomic mass is 16.6. The third-order valence-electron chi connectivity index (χ3n) is 5.20. The standard InChI is InChI=1S/C18H28N6O3/c25-13-12-22-8-10-23(11-9-22)18-16(24(26)27)17(20-14-21-18)19-7-6-15-4-2-1-3-5-15/h4,14,25H,1-3,5-13H2,(H,19,20,21). The van der Waals surface area contributed by atoms with Crippen molar-refractivity contribution in [2.75, 3.05) is 56.1 Å². The van der Waals surface area contributed by atoms with E-state index in [1.165, 1.54) is 24.7 Å². The number of piperazine rings is 1. The molecule has 0 unspecified atom stereocenters. The molecular weight excluding hydrogens is 348 g/mol. The Bertz CT molecular complexity index is 673. The van der Waals surface area contributed by atoms with Gasteiger partial charge in [-0.3, -0.25) is 15.0 Å². The van der Waals surface area contributed by atoms with Gasteiger partial charge >= 0.3 is 5.69 Å². The number of nitrogens with zero attached hydrogens (tertiary/aromatic N) is 5. The van der Waals surface area contributed by atoms with E-state index in [1.54, 1.807) is 0 Å². The second kappa shape index (κ2) is 9.61. The van der Waals surface area contributed by atoms with Crippen LogP contribution in [0.3, 0.4) is 0 Å². The largest absolute Gasteiger partial charge is 0.395 e. The first-order valence-corrected chi connectivity index (χ1v) is 9.68. The van der Waals surface area contributed by atoms with Crippen LogP contribution in [-0.2, 0) is 0 Å². The van der Waals surface area contributed by atoms with Gasteiger partial charge in [-0.05, 0) is 32.1 Å². The summed E-state index contributed by atoms with van der Waals surface area (Å²) in [6.07, 6.45) is 9.30. The third kappa shape index (κ3) is 5.14. The molecule has 1 fully saturated rings. The van der Waals surface area contributed by atoms with E-state index in [0.29, 0.717) is 37.8 Å². The smallest absolute Gasteiger partial charge is 0.353 e. The van der Waals surface area contributed by atoms with Gasteiger partial charge in [0.1, 0.15) is 6.33 Å². The third-order valence-corrected chi connectivity index (χ3v) is 5.20. The first-order valence-electron chi connectivity index (χ1n) is 9.68. The van der Waals surface area contributed by atoms with Gasteiger partial charge in [-0.15, -0.1) is 0 Å². The summed E-state index contributed by atoms with van der Waals surface area (Å²) in [7, 11) is 0. The average Bonchev–Trinajstić information content (AvgIpc) is 2.69. The number of aliphatic hydroxyl groups is 1. The Balaban J connectivity index is 1.67. The Hall–Kier alpha value is -2.26. The van der Waals surface area contributed by atoms with Crippen molar-refractivity contribution in [3.05, 3.63) is 28.1 Å². The van der Waals surface area contributed by atoms with Crippen LogP contribution in [0.2, 0.25) is 0 Å². The lowest BCUT2D eigenvalue weighted by Gasteiger charge is -2.34. The monoisotopic (exact) mass is 376 g/mol. The van der Waals surface area contributed by atoms with Crippen LogP contribution in [0.25, 0.3) is 0 Å². The van der Waals surface area contributed by atoms with Crippen LogP contribution in [0, 0.1) is 10.1 Å². The van der Waals surface area contributed by atoms with Crippen LogP contribution in [0.5, 0.6) is 0 Å². The maximum Gasteiger partial charge on any atom is 0.353 e. The summed E-state index contributed by atoms with van der Waals surface area (Å²) >= 11 is 0.